The molecule has 11 nitrogen and oxygen atoms in total. The third-order valence-electron chi connectivity index (χ3n) is 4.52. The van der Waals surface area contributed by atoms with Gasteiger partial charge in [0.05, 0.1) is 13.7 Å². The molecule has 1 aliphatic heterocycles. The van der Waals surface area contributed by atoms with E-state index in [0.29, 0.717) is 0 Å². The summed E-state index contributed by atoms with van der Waals surface area (Å²) in [4.78, 5) is 51.1. The Labute approximate surface area is 177 Å². The second kappa shape index (κ2) is 9.30. The second-order valence-electron chi connectivity index (χ2n) is 6.47. The number of amides is 1. The number of rotatable bonds is 6. The van der Waals surface area contributed by atoms with Crippen molar-refractivity contribution in [2.24, 2.45) is 0 Å². The minimum atomic E-state index is -1.29. The van der Waals surface area contributed by atoms with Gasteiger partial charge in [-0.1, -0.05) is 12.1 Å². The highest BCUT2D eigenvalue weighted by Gasteiger charge is 2.34. The number of benzene rings is 1. The fourth-order valence-corrected chi connectivity index (χ4v) is 3.02. The third-order valence-corrected chi connectivity index (χ3v) is 4.52. The SMILES string of the molecule is COCCN1C(=O)c2c(OC(=O)Oc3ccccc3C(=O)OC)c(=O)ccn2N[C@@H]1C. The molecule has 0 fully saturated rings. The molecule has 0 aliphatic carbocycles. The number of pyridine rings is 1. The van der Waals surface area contributed by atoms with Gasteiger partial charge in [0.15, 0.2) is 5.69 Å². The molecule has 0 bridgehead atoms. The van der Waals surface area contributed by atoms with Crippen LogP contribution in [0.2, 0.25) is 0 Å². The number of carbonyl (C=O) groups excluding carboxylic acids is 3. The second-order valence-corrected chi connectivity index (χ2v) is 6.47. The van der Waals surface area contributed by atoms with Crippen molar-refractivity contribution in [3.63, 3.8) is 0 Å². The average molecular weight is 431 g/mol. The van der Waals surface area contributed by atoms with Gasteiger partial charge in [0.25, 0.3) is 5.91 Å². The highest BCUT2D eigenvalue weighted by atomic mass is 16.7. The van der Waals surface area contributed by atoms with E-state index in [9.17, 15) is 19.2 Å². The first-order valence-corrected chi connectivity index (χ1v) is 9.26. The fourth-order valence-electron chi connectivity index (χ4n) is 3.02. The Balaban J connectivity index is 1.89. The van der Waals surface area contributed by atoms with Gasteiger partial charge in [-0.25, -0.2) is 9.59 Å². The minimum Gasteiger partial charge on any atom is -0.465 e. The fraction of sp³-hybridized carbons (Fsp3) is 0.300. The van der Waals surface area contributed by atoms with Crippen molar-refractivity contribution in [2.75, 3.05) is 32.8 Å². The molecule has 1 atom stereocenters. The first-order valence-electron chi connectivity index (χ1n) is 9.26. The molecule has 1 N–H and O–H groups in total. The van der Waals surface area contributed by atoms with Gasteiger partial charge in [0.1, 0.15) is 17.5 Å². The van der Waals surface area contributed by atoms with E-state index in [-0.39, 0.29) is 30.2 Å². The van der Waals surface area contributed by atoms with E-state index in [4.69, 9.17) is 14.2 Å². The van der Waals surface area contributed by atoms with Gasteiger partial charge in [-0.2, -0.15) is 0 Å². The Morgan fingerprint density at radius 1 is 1.10 bits per heavy atom. The van der Waals surface area contributed by atoms with Crippen molar-refractivity contribution in [3.8, 4) is 11.5 Å². The lowest BCUT2D eigenvalue weighted by Gasteiger charge is -2.36. The third kappa shape index (κ3) is 4.51. The number of methoxy groups -OCH3 is 2. The van der Waals surface area contributed by atoms with Crippen LogP contribution in [0.4, 0.5) is 4.79 Å². The molecule has 0 radical (unpaired) electrons. The molecule has 31 heavy (non-hydrogen) atoms. The molecule has 164 valence electrons. The van der Waals surface area contributed by atoms with Crippen molar-refractivity contribution in [3.05, 3.63) is 58.0 Å². The first-order chi connectivity index (χ1) is 14.9. The Bertz CT molecular complexity index is 1060. The van der Waals surface area contributed by atoms with Crippen molar-refractivity contribution < 1.29 is 33.3 Å². The van der Waals surface area contributed by atoms with Crippen molar-refractivity contribution in [2.45, 2.75) is 13.1 Å². The maximum atomic E-state index is 13.0. The molecular formula is C20H21N3O8. The van der Waals surface area contributed by atoms with E-state index in [1.807, 2.05) is 0 Å². The van der Waals surface area contributed by atoms with Crippen LogP contribution in [0.15, 0.2) is 41.3 Å². The van der Waals surface area contributed by atoms with Crippen LogP contribution in [0.25, 0.3) is 0 Å². The molecule has 0 saturated heterocycles. The highest BCUT2D eigenvalue weighted by molar-refractivity contribution is 5.97. The number of carbonyl (C=O) groups is 3. The number of hydrogen-bond donors (Lipinski definition) is 1. The summed E-state index contributed by atoms with van der Waals surface area (Å²) in [7, 11) is 2.69. The maximum absolute atomic E-state index is 13.0. The van der Waals surface area contributed by atoms with Gasteiger partial charge >= 0.3 is 12.1 Å². The Hall–Kier alpha value is -3.86. The molecule has 1 aliphatic rings. The lowest BCUT2D eigenvalue weighted by atomic mass is 10.2. The molecular weight excluding hydrogens is 410 g/mol. The molecule has 0 unspecified atom stereocenters. The van der Waals surface area contributed by atoms with E-state index in [2.05, 4.69) is 10.2 Å². The number of para-hydroxylation sites is 1. The van der Waals surface area contributed by atoms with E-state index < -0.39 is 35.4 Å². The normalized spacial score (nSPS) is 15.0. The summed E-state index contributed by atoms with van der Waals surface area (Å²) in [5.74, 6) is -1.87. The number of aromatic nitrogens is 1. The van der Waals surface area contributed by atoms with Crippen molar-refractivity contribution >= 4 is 18.0 Å². The zero-order valence-corrected chi connectivity index (χ0v) is 17.1. The number of nitrogens with one attached hydrogen (secondary N) is 1. The molecule has 0 spiro atoms. The summed E-state index contributed by atoms with van der Waals surface area (Å²) < 4.78 is 21.2. The van der Waals surface area contributed by atoms with Gasteiger partial charge in [-0.15, -0.1) is 0 Å². The van der Waals surface area contributed by atoms with E-state index in [0.717, 1.165) is 6.07 Å². The van der Waals surface area contributed by atoms with Crippen LogP contribution in [0.5, 0.6) is 11.5 Å². The smallest absolute Gasteiger partial charge is 0.465 e. The number of fused-ring (bicyclic) bond motifs is 1. The van der Waals surface area contributed by atoms with Crippen LogP contribution in [0.3, 0.4) is 0 Å². The molecule has 3 rings (SSSR count). The molecule has 11 heteroatoms. The summed E-state index contributed by atoms with van der Waals surface area (Å²) in [5.41, 5.74) is 2.14. The quantitative estimate of drug-likeness (QED) is 0.530. The zero-order valence-electron chi connectivity index (χ0n) is 17.1. The molecule has 2 heterocycles. The van der Waals surface area contributed by atoms with Crippen molar-refractivity contribution in [1.29, 1.82) is 0 Å². The molecule has 2 aromatic rings. The predicted octanol–water partition coefficient (Wildman–Crippen LogP) is 1.20. The van der Waals surface area contributed by atoms with Crippen LogP contribution in [0, 0.1) is 0 Å². The largest absolute Gasteiger partial charge is 0.519 e. The maximum Gasteiger partial charge on any atom is 0.519 e. The van der Waals surface area contributed by atoms with Gasteiger partial charge in [-0.3, -0.25) is 14.3 Å². The molecule has 1 aromatic heterocycles. The van der Waals surface area contributed by atoms with E-state index in [1.165, 1.54) is 48.2 Å². The van der Waals surface area contributed by atoms with Gasteiger partial charge in [0, 0.05) is 25.9 Å². The summed E-state index contributed by atoms with van der Waals surface area (Å²) in [6.45, 7) is 2.29. The van der Waals surface area contributed by atoms with Crippen LogP contribution >= 0.6 is 0 Å². The lowest BCUT2D eigenvalue weighted by molar-refractivity contribution is 0.0575. The number of ether oxygens (including phenoxy) is 4. The van der Waals surface area contributed by atoms with Crippen molar-refractivity contribution in [1.82, 2.24) is 9.58 Å². The zero-order chi connectivity index (χ0) is 22.5. The van der Waals surface area contributed by atoms with Crippen LogP contribution in [0.1, 0.15) is 27.8 Å². The highest BCUT2D eigenvalue weighted by Crippen LogP contribution is 2.23. The van der Waals surface area contributed by atoms with Crippen LogP contribution < -0.4 is 20.3 Å². The van der Waals surface area contributed by atoms with Gasteiger partial charge in [-0.05, 0) is 19.1 Å². The lowest BCUT2D eigenvalue weighted by Crippen LogP contribution is -2.53. The average Bonchev–Trinajstić information content (AvgIpc) is 2.75. The summed E-state index contributed by atoms with van der Waals surface area (Å²) in [6.07, 6.45) is -0.327. The number of hydrogen-bond acceptors (Lipinski definition) is 9. The van der Waals surface area contributed by atoms with E-state index >= 15 is 0 Å². The monoisotopic (exact) mass is 431 g/mol. The summed E-state index contributed by atoms with van der Waals surface area (Å²) >= 11 is 0. The molecule has 0 saturated carbocycles. The van der Waals surface area contributed by atoms with Crippen LogP contribution in [-0.2, 0) is 9.47 Å². The first kappa shape index (κ1) is 21.8. The van der Waals surface area contributed by atoms with Gasteiger partial charge < -0.3 is 29.3 Å². The summed E-state index contributed by atoms with van der Waals surface area (Å²) in [5, 5.41) is 0. The molecule has 1 aromatic carbocycles. The van der Waals surface area contributed by atoms with Crippen LogP contribution in [-0.4, -0.2) is 61.1 Å². The Kier molecular flexibility index (Phi) is 6.55. The predicted molar refractivity (Wildman–Crippen MR) is 107 cm³/mol. The van der Waals surface area contributed by atoms with Gasteiger partial charge in [0.2, 0.25) is 11.2 Å². The Morgan fingerprint density at radius 3 is 2.55 bits per heavy atom. The topological polar surface area (TPSA) is 125 Å². The number of nitrogens with zero attached hydrogens (tertiary/aromatic N) is 2. The standard InChI is InChI=1S/C20H21N3O8/c1-12-21-23-9-8-14(24)17(16(23)18(25)22(12)10-11-28-2)31-20(27)30-15-7-5-4-6-13(15)19(26)29-3/h4-9,12,21H,10-11H2,1-3H3/t12-/m0/s1. The molecule has 1 amide bonds. The Morgan fingerprint density at radius 2 is 1.84 bits per heavy atom. The summed E-state index contributed by atoms with van der Waals surface area (Å²) in [6, 6.07) is 7.01. The minimum absolute atomic E-state index is 0.00827. The van der Waals surface area contributed by atoms with E-state index in [1.54, 1.807) is 13.0 Å². The number of esters is 1.